The molecule has 7 heteroatoms. The van der Waals surface area contributed by atoms with Gasteiger partial charge in [0, 0.05) is 39.3 Å². The second-order valence-corrected chi connectivity index (χ2v) is 6.77. The van der Waals surface area contributed by atoms with Crippen LogP contribution in [-0.4, -0.2) is 84.6 Å². The predicted molar refractivity (Wildman–Crippen MR) is 102 cm³/mol. The lowest BCUT2D eigenvalue weighted by molar-refractivity contribution is -0.137. The third-order valence-electron chi connectivity index (χ3n) is 5.07. The Kier molecular flexibility index (Phi) is 6.13. The van der Waals surface area contributed by atoms with Crippen molar-refractivity contribution < 1.29 is 19.4 Å². The van der Waals surface area contributed by atoms with Crippen molar-refractivity contribution in [2.45, 2.75) is 13.3 Å². The maximum Gasteiger partial charge on any atom is 0.277 e. The van der Waals surface area contributed by atoms with Crippen LogP contribution in [0.15, 0.2) is 30.0 Å². The molecule has 1 fully saturated rings. The van der Waals surface area contributed by atoms with E-state index in [9.17, 15) is 9.59 Å². The molecule has 1 N–H and O–H groups in total. The van der Waals surface area contributed by atoms with Crippen molar-refractivity contribution in [2.75, 3.05) is 53.0 Å². The maximum atomic E-state index is 13.0. The maximum absolute atomic E-state index is 13.0. The molecule has 2 aliphatic rings. The Bertz CT molecular complexity index is 721. The fourth-order valence-electron chi connectivity index (χ4n) is 3.64. The molecule has 0 atom stereocenters. The van der Waals surface area contributed by atoms with Crippen LogP contribution in [0.5, 0.6) is 5.75 Å². The summed E-state index contributed by atoms with van der Waals surface area (Å²) in [5.74, 6) is 0.281. The highest BCUT2D eigenvalue weighted by atomic mass is 16.5. The van der Waals surface area contributed by atoms with Gasteiger partial charge in [-0.15, -0.1) is 0 Å². The number of carbonyl (C=O) groups excluding carboxylic acids is 2. The lowest BCUT2D eigenvalue weighted by Gasteiger charge is -2.36. The molecule has 2 heterocycles. The molecule has 146 valence electrons. The first-order valence-corrected chi connectivity index (χ1v) is 9.43. The molecular weight excluding hydrogens is 346 g/mol. The number of methoxy groups -OCH3 is 1. The number of aliphatic hydroxyl groups excluding tert-OH is 1. The van der Waals surface area contributed by atoms with Crippen LogP contribution >= 0.6 is 0 Å². The lowest BCUT2D eigenvalue weighted by Crippen LogP contribution is -2.48. The number of rotatable bonds is 7. The number of imide groups is 1. The molecule has 0 aliphatic carbocycles. The molecule has 0 bridgehead atoms. The van der Waals surface area contributed by atoms with Crippen molar-refractivity contribution in [3.05, 3.63) is 35.5 Å². The van der Waals surface area contributed by atoms with E-state index in [0.29, 0.717) is 43.2 Å². The van der Waals surface area contributed by atoms with Crippen LogP contribution < -0.4 is 4.74 Å². The molecule has 1 aromatic carbocycles. The highest BCUT2D eigenvalue weighted by Gasteiger charge is 2.41. The number of hydrogen-bond donors (Lipinski definition) is 1. The molecule has 2 amide bonds. The average Bonchev–Trinajstić information content (AvgIpc) is 2.94. The fourth-order valence-corrected chi connectivity index (χ4v) is 3.64. The van der Waals surface area contributed by atoms with Gasteiger partial charge in [0.15, 0.2) is 0 Å². The van der Waals surface area contributed by atoms with E-state index in [-0.39, 0.29) is 18.4 Å². The summed E-state index contributed by atoms with van der Waals surface area (Å²) in [6.45, 7) is 5.98. The minimum atomic E-state index is -0.222. The average molecular weight is 373 g/mol. The summed E-state index contributed by atoms with van der Waals surface area (Å²) in [6, 6.07) is 7.27. The molecule has 0 radical (unpaired) electrons. The molecule has 3 rings (SSSR count). The summed E-state index contributed by atoms with van der Waals surface area (Å²) < 4.78 is 5.20. The topological polar surface area (TPSA) is 73.3 Å². The van der Waals surface area contributed by atoms with Crippen LogP contribution in [0.25, 0.3) is 5.57 Å². The second kappa shape index (κ2) is 8.54. The predicted octanol–water partition coefficient (Wildman–Crippen LogP) is 0.795. The normalized spacial score (nSPS) is 18.6. The van der Waals surface area contributed by atoms with Gasteiger partial charge < -0.3 is 14.7 Å². The number of β-amino-alcohol motifs (C(OH)–C–C–N with tert-alkyl or cyclic N) is 1. The molecule has 1 aromatic rings. The van der Waals surface area contributed by atoms with E-state index in [1.807, 2.05) is 24.0 Å². The summed E-state index contributed by atoms with van der Waals surface area (Å²) in [7, 11) is 1.60. The van der Waals surface area contributed by atoms with Gasteiger partial charge in [0.25, 0.3) is 11.8 Å². The smallest absolute Gasteiger partial charge is 0.277 e. The van der Waals surface area contributed by atoms with Gasteiger partial charge in [-0.05, 0) is 24.1 Å². The van der Waals surface area contributed by atoms with Crippen LogP contribution in [-0.2, 0) is 9.59 Å². The summed E-state index contributed by atoms with van der Waals surface area (Å²) in [5.41, 5.74) is 1.72. The standard InChI is InChI=1S/C20H27N3O4/c1-3-8-23-19(25)17(15-4-6-16(27-2)7-5-15)18(20(23)26)22-11-9-21(10-12-22)13-14-24/h4-7,24H,3,8-14H2,1-2H3. The highest BCUT2D eigenvalue weighted by Crippen LogP contribution is 2.33. The van der Waals surface area contributed by atoms with Crippen LogP contribution in [0.4, 0.5) is 0 Å². The first-order valence-electron chi connectivity index (χ1n) is 9.43. The number of ether oxygens (including phenoxy) is 1. The summed E-state index contributed by atoms with van der Waals surface area (Å²) in [5, 5.41) is 9.12. The van der Waals surface area contributed by atoms with Gasteiger partial charge in [-0.3, -0.25) is 19.4 Å². The minimum absolute atomic E-state index is 0.126. The molecule has 7 nitrogen and oxygen atoms in total. The Morgan fingerprint density at radius 3 is 2.22 bits per heavy atom. The Hall–Kier alpha value is -2.38. The number of amides is 2. The number of aliphatic hydroxyl groups is 1. The van der Waals surface area contributed by atoms with Crippen LogP contribution in [0.3, 0.4) is 0 Å². The van der Waals surface area contributed by atoms with Crippen molar-refractivity contribution in [3.63, 3.8) is 0 Å². The molecule has 1 saturated heterocycles. The molecule has 27 heavy (non-hydrogen) atoms. The fraction of sp³-hybridized carbons (Fsp3) is 0.500. The zero-order valence-corrected chi connectivity index (χ0v) is 16.0. The van der Waals surface area contributed by atoms with Gasteiger partial charge in [0.2, 0.25) is 0 Å². The zero-order chi connectivity index (χ0) is 19.4. The van der Waals surface area contributed by atoms with E-state index in [1.165, 1.54) is 4.90 Å². The number of carbonyl (C=O) groups is 2. The van der Waals surface area contributed by atoms with Gasteiger partial charge in [0.1, 0.15) is 11.4 Å². The van der Waals surface area contributed by atoms with Crippen LogP contribution in [0, 0.1) is 0 Å². The van der Waals surface area contributed by atoms with E-state index < -0.39 is 0 Å². The first kappa shape index (κ1) is 19.4. The Morgan fingerprint density at radius 2 is 1.67 bits per heavy atom. The third-order valence-corrected chi connectivity index (χ3v) is 5.07. The number of benzene rings is 1. The van der Waals surface area contributed by atoms with Crippen molar-refractivity contribution in [1.82, 2.24) is 14.7 Å². The van der Waals surface area contributed by atoms with Crippen molar-refractivity contribution in [1.29, 1.82) is 0 Å². The van der Waals surface area contributed by atoms with Crippen molar-refractivity contribution >= 4 is 17.4 Å². The summed E-state index contributed by atoms with van der Waals surface area (Å²) >= 11 is 0. The van der Waals surface area contributed by atoms with E-state index >= 15 is 0 Å². The lowest BCUT2D eigenvalue weighted by atomic mass is 10.0. The first-order chi connectivity index (χ1) is 13.1. The van der Waals surface area contributed by atoms with Gasteiger partial charge in [0.05, 0.1) is 19.3 Å². The molecule has 0 unspecified atom stereocenters. The van der Waals surface area contributed by atoms with E-state index in [2.05, 4.69) is 4.90 Å². The quantitative estimate of drug-likeness (QED) is 0.713. The Morgan fingerprint density at radius 1 is 1.00 bits per heavy atom. The largest absolute Gasteiger partial charge is 0.497 e. The minimum Gasteiger partial charge on any atom is -0.497 e. The Balaban J connectivity index is 1.94. The van der Waals surface area contributed by atoms with Crippen molar-refractivity contribution in [2.24, 2.45) is 0 Å². The van der Waals surface area contributed by atoms with Gasteiger partial charge >= 0.3 is 0 Å². The van der Waals surface area contributed by atoms with Crippen molar-refractivity contribution in [3.8, 4) is 5.75 Å². The molecule has 0 spiro atoms. The SMILES string of the molecule is CCCN1C(=O)C(c2ccc(OC)cc2)=C(N2CCN(CCO)CC2)C1=O. The molecule has 0 aromatic heterocycles. The van der Waals surface area contributed by atoms with Gasteiger partial charge in [-0.2, -0.15) is 0 Å². The number of piperazine rings is 1. The van der Waals surface area contributed by atoms with E-state index in [1.54, 1.807) is 19.2 Å². The summed E-state index contributed by atoms with van der Waals surface area (Å²) in [4.78, 5) is 31.6. The third kappa shape index (κ3) is 3.84. The zero-order valence-electron chi connectivity index (χ0n) is 16.0. The van der Waals surface area contributed by atoms with Crippen LogP contribution in [0.1, 0.15) is 18.9 Å². The van der Waals surface area contributed by atoms with Crippen LogP contribution in [0.2, 0.25) is 0 Å². The second-order valence-electron chi connectivity index (χ2n) is 6.77. The highest BCUT2D eigenvalue weighted by molar-refractivity contribution is 6.35. The monoisotopic (exact) mass is 373 g/mol. The van der Waals surface area contributed by atoms with Gasteiger partial charge in [-0.25, -0.2) is 0 Å². The summed E-state index contributed by atoms with van der Waals surface area (Å²) in [6.07, 6.45) is 0.727. The Labute approximate surface area is 159 Å². The van der Waals surface area contributed by atoms with E-state index in [4.69, 9.17) is 9.84 Å². The van der Waals surface area contributed by atoms with E-state index in [0.717, 1.165) is 25.1 Å². The number of nitrogens with zero attached hydrogens (tertiary/aromatic N) is 3. The molecule has 0 saturated carbocycles. The van der Waals surface area contributed by atoms with Gasteiger partial charge in [-0.1, -0.05) is 19.1 Å². The molecule has 2 aliphatic heterocycles. The molecular formula is C20H27N3O4. The number of hydrogen-bond acceptors (Lipinski definition) is 6.